The first-order valence-corrected chi connectivity index (χ1v) is 12.2. The molecular weight excluding hydrogens is 476 g/mol. The number of unbranched alkanes of at least 4 members (excludes halogenated alkanes) is 1. The average Bonchev–Trinajstić information content (AvgIpc) is 2.94. The van der Waals surface area contributed by atoms with Gasteiger partial charge in [0, 0.05) is 30.7 Å². The molecule has 0 radical (unpaired) electrons. The molecule has 0 fully saturated rings. The van der Waals surface area contributed by atoms with E-state index in [1.54, 1.807) is 24.3 Å². The first-order chi connectivity index (χ1) is 16.4. The molecule has 34 heavy (non-hydrogen) atoms. The largest absolute Gasteiger partial charge is 0.447 e. The van der Waals surface area contributed by atoms with Crippen LogP contribution in [0.4, 0.5) is 5.69 Å². The second-order valence-corrected chi connectivity index (χ2v) is 9.02. The predicted octanol–water partition coefficient (Wildman–Crippen LogP) is 5.45. The lowest BCUT2D eigenvalue weighted by molar-refractivity contribution is -0.131. The van der Waals surface area contributed by atoms with Gasteiger partial charge in [-0.25, -0.2) is 0 Å². The second-order valence-electron chi connectivity index (χ2n) is 7.58. The SMILES string of the molecule is CCCCSc1nnc2c(n1)O[C@@H](c1cccc(OC(C)=O)c1Cl)N(C(C)=O)c1ccccc1-2. The number of nitrogens with zero attached hydrogens (tertiary/aromatic N) is 4. The highest BCUT2D eigenvalue weighted by atomic mass is 35.5. The van der Waals surface area contributed by atoms with Gasteiger partial charge in [-0.3, -0.25) is 14.5 Å². The summed E-state index contributed by atoms with van der Waals surface area (Å²) in [5.74, 6) is 0.486. The van der Waals surface area contributed by atoms with Crippen LogP contribution in [0.1, 0.15) is 45.4 Å². The monoisotopic (exact) mass is 498 g/mol. The summed E-state index contributed by atoms with van der Waals surface area (Å²) in [7, 11) is 0. The molecule has 0 N–H and O–H groups in total. The van der Waals surface area contributed by atoms with Gasteiger partial charge in [0.15, 0.2) is 5.69 Å². The Bertz CT molecular complexity index is 1240. The molecule has 4 rings (SSSR count). The minimum absolute atomic E-state index is 0.162. The second kappa shape index (κ2) is 10.4. The number of carbonyl (C=O) groups excluding carboxylic acids is 2. The quantitative estimate of drug-likeness (QED) is 0.191. The van der Waals surface area contributed by atoms with Crippen molar-refractivity contribution in [2.24, 2.45) is 0 Å². The fourth-order valence-corrected chi connectivity index (χ4v) is 4.70. The highest BCUT2D eigenvalue weighted by Crippen LogP contribution is 2.45. The summed E-state index contributed by atoms with van der Waals surface area (Å²) in [6.45, 7) is 4.85. The van der Waals surface area contributed by atoms with Gasteiger partial charge in [0.25, 0.3) is 0 Å². The molecule has 0 unspecified atom stereocenters. The Morgan fingerprint density at radius 1 is 1.15 bits per heavy atom. The third-order valence-electron chi connectivity index (χ3n) is 5.09. The summed E-state index contributed by atoms with van der Waals surface area (Å²) < 4.78 is 11.6. The number of esters is 1. The molecule has 10 heteroatoms. The first kappa shape index (κ1) is 24.0. The molecule has 0 saturated heterocycles. The molecule has 2 heterocycles. The Labute approximate surface area is 206 Å². The lowest BCUT2D eigenvalue weighted by atomic mass is 10.1. The summed E-state index contributed by atoms with van der Waals surface area (Å²) >= 11 is 8.13. The van der Waals surface area contributed by atoms with Crippen LogP contribution in [-0.2, 0) is 9.59 Å². The molecule has 1 aliphatic heterocycles. The maximum Gasteiger partial charge on any atom is 0.308 e. The maximum absolute atomic E-state index is 12.9. The van der Waals surface area contributed by atoms with E-state index in [4.69, 9.17) is 21.1 Å². The Balaban J connectivity index is 1.88. The molecule has 1 amide bonds. The lowest BCUT2D eigenvalue weighted by Crippen LogP contribution is -2.36. The minimum atomic E-state index is -0.979. The van der Waals surface area contributed by atoms with E-state index in [1.807, 2.05) is 18.2 Å². The zero-order valence-electron chi connectivity index (χ0n) is 18.9. The fraction of sp³-hybridized carbons (Fsp3) is 0.292. The number of rotatable bonds is 6. The van der Waals surface area contributed by atoms with Gasteiger partial charge in [0.05, 0.1) is 10.7 Å². The summed E-state index contributed by atoms with van der Waals surface area (Å²) in [4.78, 5) is 30.6. The Hall–Kier alpha value is -3.17. The minimum Gasteiger partial charge on any atom is -0.447 e. The zero-order chi connectivity index (χ0) is 24.2. The summed E-state index contributed by atoms with van der Waals surface area (Å²) in [6.07, 6.45) is 1.10. The third-order valence-corrected chi connectivity index (χ3v) is 6.42. The van der Waals surface area contributed by atoms with Gasteiger partial charge < -0.3 is 9.47 Å². The van der Waals surface area contributed by atoms with Crippen LogP contribution >= 0.6 is 23.4 Å². The Morgan fingerprint density at radius 3 is 2.68 bits per heavy atom. The van der Waals surface area contributed by atoms with E-state index < -0.39 is 12.2 Å². The smallest absolute Gasteiger partial charge is 0.308 e. The first-order valence-electron chi connectivity index (χ1n) is 10.8. The number of halogens is 1. The molecular formula is C24H23ClN4O4S. The highest BCUT2D eigenvalue weighted by Gasteiger charge is 2.36. The van der Waals surface area contributed by atoms with E-state index in [0.717, 1.165) is 18.6 Å². The third kappa shape index (κ3) is 4.85. The van der Waals surface area contributed by atoms with Crippen LogP contribution in [0.2, 0.25) is 5.02 Å². The van der Waals surface area contributed by atoms with Crippen molar-refractivity contribution >= 4 is 40.9 Å². The van der Waals surface area contributed by atoms with Crippen LogP contribution in [0, 0.1) is 0 Å². The van der Waals surface area contributed by atoms with Crippen molar-refractivity contribution < 1.29 is 19.1 Å². The van der Waals surface area contributed by atoms with E-state index in [0.29, 0.717) is 27.7 Å². The van der Waals surface area contributed by atoms with Crippen LogP contribution in [-0.4, -0.2) is 32.8 Å². The Morgan fingerprint density at radius 2 is 1.94 bits per heavy atom. The highest BCUT2D eigenvalue weighted by molar-refractivity contribution is 7.99. The molecule has 3 aromatic rings. The van der Waals surface area contributed by atoms with E-state index in [1.165, 1.54) is 30.5 Å². The Kier molecular flexibility index (Phi) is 7.33. The molecule has 176 valence electrons. The number of hydrogen-bond acceptors (Lipinski definition) is 8. The van der Waals surface area contributed by atoms with E-state index in [9.17, 15) is 9.59 Å². The van der Waals surface area contributed by atoms with E-state index in [-0.39, 0.29) is 22.6 Å². The molecule has 1 aliphatic rings. The van der Waals surface area contributed by atoms with E-state index in [2.05, 4.69) is 22.1 Å². The molecule has 0 saturated carbocycles. The van der Waals surface area contributed by atoms with Crippen molar-refractivity contribution in [1.82, 2.24) is 15.2 Å². The molecule has 0 bridgehead atoms. The van der Waals surface area contributed by atoms with Gasteiger partial charge in [0.2, 0.25) is 23.2 Å². The summed E-state index contributed by atoms with van der Waals surface area (Å²) in [5, 5.41) is 9.32. The van der Waals surface area contributed by atoms with Crippen molar-refractivity contribution in [3.63, 3.8) is 0 Å². The lowest BCUT2D eigenvalue weighted by Gasteiger charge is -2.30. The normalized spacial score (nSPS) is 14.5. The molecule has 2 aromatic carbocycles. The van der Waals surface area contributed by atoms with Crippen molar-refractivity contribution in [3.8, 4) is 22.9 Å². The zero-order valence-corrected chi connectivity index (χ0v) is 20.5. The average molecular weight is 499 g/mol. The number of anilines is 1. The van der Waals surface area contributed by atoms with Crippen LogP contribution in [0.5, 0.6) is 11.6 Å². The van der Waals surface area contributed by atoms with Gasteiger partial charge in [-0.05, 0) is 18.6 Å². The van der Waals surface area contributed by atoms with Gasteiger partial charge in [-0.1, -0.05) is 67.0 Å². The molecule has 0 aliphatic carbocycles. The molecule has 8 nitrogen and oxygen atoms in total. The number of ether oxygens (including phenoxy) is 2. The van der Waals surface area contributed by atoms with Crippen molar-refractivity contribution in [1.29, 1.82) is 0 Å². The van der Waals surface area contributed by atoms with Crippen molar-refractivity contribution in [3.05, 3.63) is 53.1 Å². The number of para-hydroxylation sites is 1. The number of aromatic nitrogens is 3. The van der Waals surface area contributed by atoms with Crippen molar-refractivity contribution in [2.45, 2.75) is 45.0 Å². The van der Waals surface area contributed by atoms with Crippen molar-refractivity contribution in [2.75, 3.05) is 10.7 Å². The van der Waals surface area contributed by atoms with Crippen LogP contribution < -0.4 is 14.4 Å². The summed E-state index contributed by atoms with van der Waals surface area (Å²) in [5.41, 5.74) is 2.11. The van der Waals surface area contributed by atoms with Gasteiger partial charge in [-0.15, -0.1) is 10.2 Å². The number of benzene rings is 2. The number of carbonyl (C=O) groups is 2. The molecule has 1 atom stereocenters. The topological polar surface area (TPSA) is 94.5 Å². The van der Waals surface area contributed by atoms with Crippen LogP contribution in [0.3, 0.4) is 0 Å². The van der Waals surface area contributed by atoms with Gasteiger partial charge >= 0.3 is 5.97 Å². The van der Waals surface area contributed by atoms with Gasteiger partial charge in [0.1, 0.15) is 5.75 Å². The number of amides is 1. The van der Waals surface area contributed by atoms with Crippen LogP contribution in [0.15, 0.2) is 47.6 Å². The number of fused-ring (bicyclic) bond motifs is 3. The number of thioether (sulfide) groups is 1. The van der Waals surface area contributed by atoms with Crippen LogP contribution in [0.25, 0.3) is 11.3 Å². The standard InChI is InChI=1S/C24H23ClN4O4S/c1-4-5-13-34-24-26-22-21(27-28-24)16-9-6-7-11-18(16)29(14(2)30)23(33-22)17-10-8-12-19(20(17)25)32-15(3)31/h6-12,23H,4-5,13H2,1-3H3/t23-/m0/s1. The van der Waals surface area contributed by atoms with Gasteiger partial charge in [-0.2, -0.15) is 4.98 Å². The summed E-state index contributed by atoms with van der Waals surface area (Å²) in [6, 6.07) is 12.3. The predicted molar refractivity (Wildman–Crippen MR) is 130 cm³/mol. The number of hydrogen-bond donors (Lipinski definition) is 0. The molecule has 0 spiro atoms. The molecule has 1 aromatic heterocycles. The fourth-order valence-electron chi connectivity index (χ4n) is 3.58. The maximum atomic E-state index is 12.9. The van der Waals surface area contributed by atoms with E-state index >= 15 is 0 Å².